The Kier molecular flexibility index (Phi) is 2.62. The predicted octanol–water partition coefficient (Wildman–Crippen LogP) is 3.61. The molecule has 2 N–H and O–H groups in total. The van der Waals surface area contributed by atoms with Crippen LogP contribution in [-0.2, 0) is 5.54 Å². The summed E-state index contributed by atoms with van der Waals surface area (Å²) in [5, 5.41) is 0. The highest BCUT2D eigenvalue weighted by Gasteiger charge is 2.46. The van der Waals surface area contributed by atoms with Crippen LogP contribution >= 0.6 is 0 Å². The highest BCUT2D eigenvalue weighted by molar-refractivity contribution is 5.30. The fraction of sp³-hybridized carbons (Fsp3) is 0.600. The number of nitrogens with two attached hydrogens (primary N) is 1. The van der Waals surface area contributed by atoms with E-state index in [4.69, 9.17) is 5.73 Å². The maximum Gasteiger partial charge on any atom is 0.0415 e. The van der Waals surface area contributed by atoms with Gasteiger partial charge in [-0.05, 0) is 36.7 Å². The average Bonchev–Trinajstić information content (AvgIpc) is 2.12. The Morgan fingerprint density at radius 3 is 2.06 bits per heavy atom. The summed E-state index contributed by atoms with van der Waals surface area (Å²) in [6.07, 6.45) is 2.25. The predicted molar refractivity (Wildman–Crippen MR) is 69.2 cm³/mol. The zero-order chi connectivity index (χ0) is 12.0. The Balaban J connectivity index is 2.10. The molecular formula is C15H23N. The molecule has 2 rings (SSSR count). The van der Waals surface area contributed by atoms with Crippen molar-refractivity contribution >= 4 is 0 Å². The van der Waals surface area contributed by atoms with Gasteiger partial charge in [0.15, 0.2) is 0 Å². The molecule has 1 aliphatic rings. The van der Waals surface area contributed by atoms with Gasteiger partial charge in [0.05, 0.1) is 0 Å². The summed E-state index contributed by atoms with van der Waals surface area (Å²) in [4.78, 5) is 0. The summed E-state index contributed by atoms with van der Waals surface area (Å²) in [7, 11) is 0. The first-order valence-electron chi connectivity index (χ1n) is 6.17. The zero-order valence-electron chi connectivity index (χ0n) is 10.9. The van der Waals surface area contributed by atoms with Crippen molar-refractivity contribution in [2.75, 3.05) is 0 Å². The van der Waals surface area contributed by atoms with Crippen molar-refractivity contribution in [2.45, 2.75) is 46.1 Å². The second kappa shape index (κ2) is 3.59. The number of hydrogen-bond acceptors (Lipinski definition) is 1. The van der Waals surface area contributed by atoms with E-state index in [1.54, 1.807) is 0 Å². The summed E-state index contributed by atoms with van der Waals surface area (Å²) in [5.41, 5.74) is 9.40. The quantitative estimate of drug-likeness (QED) is 0.764. The summed E-state index contributed by atoms with van der Waals surface area (Å²) in [6.45, 7) is 9.05. The lowest BCUT2D eigenvalue weighted by atomic mass is 9.57. The fourth-order valence-electron chi connectivity index (χ4n) is 2.55. The normalized spacial score (nSPS) is 29.9. The van der Waals surface area contributed by atoms with Crippen LogP contribution in [0.3, 0.4) is 0 Å². The van der Waals surface area contributed by atoms with Crippen LogP contribution in [0.25, 0.3) is 0 Å². The topological polar surface area (TPSA) is 26.0 Å². The number of rotatable bonds is 1. The summed E-state index contributed by atoms with van der Waals surface area (Å²) in [6, 6.07) is 8.70. The molecular weight excluding hydrogens is 194 g/mol. The summed E-state index contributed by atoms with van der Waals surface area (Å²) >= 11 is 0. The van der Waals surface area contributed by atoms with Crippen molar-refractivity contribution in [3.63, 3.8) is 0 Å². The Morgan fingerprint density at radius 1 is 1.12 bits per heavy atom. The van der Waals surface area contributed by atoms with Gasteiger partial charge in [0.25, 0.3) is 0 Å². The SMILES string of the molecule is Cc1ccc(C2(N)CC(C(C)(C)C)C2)cc1. The van der Waals surface area contributed by atoms with Crippen LogP contribution in [0.4, 0.5) is 0 Å². The lowest BCUT2D eigenvalue weighted by Crippen LogP contribution is -2.52. The van der Waals surface area contributed by atoms with Crippen molar-refractivity contribution in [1.82, 2.24) is 0 Å². The number of aryl methyl sites for hydroxylation is 1. The Bertz CT molecular complexity index is 363. The molecule has 1 saturated carbocycles. The zero-order valence-corrected chi connectivity index (χ0v) is 10.9. The van der Waals surface area contributed by atoms with E-state index >= 15 is 0 Å². The minimum Gasteiger partial charge on any atom is -0.321 e. The van der Waals surface area contributed by atoms with Gasteiger partial charge < -0.3 is 5.73 Å². The summed E-state index contributed by atoms with van der Waals surface area (Å²) in [5.74, 6) is 0.763. The molecule has 1 aliphatic carbocycles. The lowest BCUT2D eigenvalue weighted by Gasteiger charge is -2.51. The average molecular weight is 217 g/mol. The van der Waals surface area contributed by atoms with Gasteiger partial charge in [-0.3, -0.25) is 0 Å². The number of hydrogen-bond donors (Lipinski definition) is 1. The lowest BCUT2D eigenvalue weighted by molar-refractivity contribution is 0.0490. The van der Waals surface area contributed by atoms with E-state index in [1.165, 1.54) is 11.1 Å². The van der Waals surface area contributed by atoms with E-state index in [1.807, 2.05) is 0 Å². The van der Waals surface area contributed by atoms with Crippen LogP contribution in [-0.4, -0.2) is 0 Å². The smallest absolute Gasteiger partial charge is 0.0415 e. The van der Waals surface area contributed by atoms with Crippen LogP contribution in [0.5, 0.6) is 0 Å². The second-order valence-electron chi connectivity index (χ2n) is 6.49. The largest absolute Gasteiger partial charge is 0.321 e. The minimum absolute atomic E-state index is 0.0638. The maximum atomic E-state index is 6.46. The third kappa shape index (κ3) is 2.01. The molecule has 0 spiro atoms. The molecule has 0 unspecified atom stereocenters. The van der Waals surface area contributed by atoms with Gasteiger partial charge in [0.1, 0.15) is 0 Å². The molecule has 1 aromatic carbocycles. The Hall–Kier alpha value is -0.820. The molecule has 0 aliphatic heterocycles. The van der Waals surface area contributed by atoms with Gasteiger partial charge in [-0.2, -0.15) is 0 Å². The summed E-state index contributed by atoms with van der Waals surface area (Å²) < 4.78 is 0. The van der Waals surface area contributed by atoms with Crippen molar-refractivity contribution < 1.29 is 0 Å². The van der Waals surface area contributed by atoms with E-state index in [0.717, 1.165) is 18.8 Å². The van der Waals surface area contributed by atoms with E-state index < -0.39 is 0 Å². The van der Waals surface area contributed by atoms with Gasteiger partial charge in [0, 0.05) is 5.54 Å². The maximum absolute atomic E-state index is 6.46. The van der Waals surface area contributed by atoms with E-state index in [-0.39, 0.29) is 5.54 Å². The van der Waals surface area contributed by atoms with E-state index in [0.29, 0.717) is 5.41 Å². The molecule has 1 heteroatoms. The monoisotopic (exact) mass is 217 g/mol. The number of benzene rings is 1. The molecule has 88 valence electrons. The fourth-order valence-corrected chi connectivity index (χ4v) is 2.55. The first-order chi connectivity index (χ1) is 7.31. The molecule has 0 amide bonds. The van der Waals surface area contributed by atoms with E-state index in [9.17, 15) is 0 Å². The molecule has 0 aromatic heterocycles. The Labute approximate surface area is 99.0 Å². The third-order valence-electron chi connectivity index (χ3n) is 4.07. The first-order valence-corrected chi connectivity index (χ1v) is 6.17. The van der Waals surface area contributed by atoms with Gasteiger partial charge >= 0.3 is 0 Å². The molecule has 1 aromatic rings. The van der Waals surface area contributed by atoms with Crippen LogP contribution in [0.2, 0.25) is 0 Å². The van der Waals surface area contributed by atoms with Crippen molar-refractivity contribution in [3.05, 3.63) is 35.4 Å². The highest BCUT2D eigenvalue weighted by atomic mass is 14.8. The Morgan fingerprint density at radius 2 is 1.62 bits per heavy atom. The molecule has 0 heterocycles. The standard InChI is InChI=1S/C15H23N/c1-11-5-7-12(8-6-11)15(16)9-13(10-15)14(2,3)4/h5-8,13H,9-10,16H2,1-4H3. The van der Waals surface area contributed by atoms with Crippen molar-refractivity contribution in [3.8, 4) is 0 Å². The van der Waals surface area contributed by atoms with Gasteiger partial charge in [-0.15, -0.1) is 0 Å². The second-order valence-corrected chi connectivity index (χ2v) is 6.49. The van der Waals surface area contributed by atoms with Gasteiger partial charge in [-0.25, -0.2) is 0 Å². The van der Waals surface area contributed by atoms with E-state index in [2.05, 4.69) is 52.0 Å². The highest BCUT2D eigenvalue weighted by Crippen LogP contribution is 2.51. The van der Waals surface area contributed by atoms with Gasteiger partial charge in [0.2, 0.25) is 0 Å². The van der Waals surface area contributed by atoms with Crippen LogP contribution in [0.1, 0.15) is 44.7 Å². The minimum atomic E-state index is -0.0638. The van der Waals surface area contributed by atoms with Crippen molar-refractivity contribution in [1.29, 1.82) is 0 Å². The molecule has 1 fully saturated rings. The van der Waals surface area contributed by atoms with Crippen LogP contribution < -0.4 is 5.73 Å². The molecule has 0 bridgehead atoms. The first kappa shape index (κ1) is 11.7. The molecule has 0 radical (unpaired) electrons. The van der Waals surface area contributed by atoms with Crippen molar-refractivity contribution in [2.24, 2.45) is 17.1 Å². The molecule has 16 heavy (non-hydrogen) atoms. The van der Waals surface area contributed by atoms with Crippen LogP contribution in [0.15, 0.2) is 24.3 Å². The van der Waals surface area contributed by atoms with Crippen LogP contribution in [0, 0.1) is 18.3 Å². The third-order valence-corrected chi connectivity index (χ3v) is 4.07. The molecule has 1 nitrogen and oxygen atoms in total. The van der Waals surface area contributed by atoms with Gasteiger partial charge in [-0.1, -0.05) is 50.6 Å². The molecule has 0 saturated heterocycles. The molecule has 0 atom stereocenters.